The molecular formula is C22H24N2O3S2. The third-order valence-electron chi connectivity index (χ3n) is 5.55. The van der Waals surface area contributed by atoms with E-state index in [9.17, 15) is 4.79 Å². The molecule has 152 valence electrons. The molecule has 0 radical (unpaired) electrons. The number of piperazine rings is 1. The van der Waals surface area contributed by atoms with Crippen LogP contribution in [0.25, 0.3) is 0 Å². The number of nitrogens with zero attached hydrogens (tertiary/aromatic N) is 2. The Morgan fingerprint density at radius 3 is 2.41 bits per heavy atom. The molecule has 5 nitrogen and oxygen atoms in total. The molecule has 0 aromatic heterocycles. The van der Waals surface area contributed by atoms with Crippen molar-refractivity contribution in [2.24, 2.45) is 0 Å². The van der Waals surface area contributed by atoms with Gasteiger partial charge in [0.15, 0.2) is 11.5 Å². The molecule has 5 rings (SSSR count). The predicted molar refractivity (Wildman–Crippen MR) is 118 cm³/mol. The summed E-state index contributed by atoms with van der Waals surface area (Å²) in [5.74, 6) is 4.22. The van der Waals surface area contributed by atoms with Gasteiger partial charge in [0.1, 0.15) is 0 Å². The Labute approximate surface area is 179 Å². The highest BCUT2D eigenvalue weighted by atomic mass is 32.2. The molecule has 3 aliphatic heterocycles. The fourth-order valence-electron chi connectivity index (χ4n) is 3.92. The third-order valence-corrected chi connectivity index (χ3v) is 8.66. The summed E-state index contributed by atoms with van der Waals surface area (Å²) >= 11 is 3.98. The van der Waals surface area contributed by atoms with Crippen molar-refractivity contribution in [1.82, 2.24) is 9.80 Å². The van der Waals surface area contributed by atoms with Gasteiger partial charge in [0.2, 0.25) is 6.79 Å². The second-order valence-electron chi connectivity index (χ2n) is 7.45. The second-order valence-corrected chi connectivity index (χ2v) is 10.2. The second kappa shape index (κ2) is 8.50. The van der Waals surface area contributed by atoms with Crippen molar-refractivity contribution in [2.75, 3.05) is 44.5 Å². The molecule has 0 bridgehead atoms. The first kappa shape index (κ1) is 19.2. The van der Waals surface area contributed by atoms with Gasteiger partial charge in [0.05, 0.1) is 4.58 Å². The first-order valence-corrected chi connectivity index (χ1v) is 12.1. The summed E-state index contributed by atoms with van der Waals surface area (Å²) in [6, 6.07) is 14.4. The van der Waals surface area contributed by atoms with Crippen LogP contribution in [0.4, 0.5) is 0 Å². The normalized spacial score (nSPS) is 19.7. The molecule has 2 fully saturated rings. The van der Waals surface area contributed by atoms with E-state index in [0.717, 1.165) is 49.8 Å². The number of hydrogen-bond acceptors (Lipinski definition) is 6. The third kappa shape index (κ3) is 4.22. The largest absolute Gasteiger partial charge is 0.454 e. The van der Waals surface area contributed by atoms with Crippen LogP contribution in [0.5, 0.6) is 11.5 Å². The zero-order valence-corrected chi connectivity index (χ0v) is 17.8. The summed E-state index contributed by atoms with van der Waals surface area (Å²) in [5.41, 5.74) is 3.33. The molecule has 3 aliphatic rings. The van der Waals surface area contributed by atoms with Crippen molar-refractivity contribution < 1.29 is 14.3 Å². The van der Waals surface area contributed by atoms with Crippen LogP contribution >= 0.6 is 23.5 Å². The van der Waals surface area contributed by atoms with Crippen molar-refractivity contribution in [3.05, 3.63) is 59.2 Å². The van der Waals surface area contributed by atoms with E-state index >= 15 is 0 Å². The molecule has 0 spiro atoms. The Kier molecular flexibility index (Phi) is 5.61. The molecule has 0 N–H and O–H groups in total. The minimum Gasteiger partial charge on any atom is -0.454 e. The van der Waals surface area contributed by atoms with Crippen molar-refractivity contribution in [2.45, 2.75) is 11.1 Å². The first-order valence-electron chi connectivity index (χ1n) is 9.99. The lowest BCUT2D eigenvalue weighted by atomic mass is 10.1. The molecular weight excluding hydrogens is 404 g/mol. The van der Waals surface area contributed by atoms with E-state index < -0.39 is 0 Å². The SMILES string of the molecule is O=C(c1ccc(C2SCCS2)cc1)N1CCN(Cc2ccc3c(c2)OCO3)CC1. The van der Waals surface area contributed by atoms with E-state index in [1.54, 1.807) is 0 Å². The quantitative estimate of drug-likeness (QED) is 0.737. The number of amides is 1. The highest BCUT2D eigenvalue weighted by Gasteiger charge is 2.24. The lowest BCUT2D eigenvalue weighted by Gasteiger charge is -2.34. The van der Waals surface area contributed by atoms with Crippen LogP contribution < -0.4 is 9.47 Å². The average Bonchev–Trinajstić information content (AvgIpc) is 3.46. The van der Waals surface area contributed by atoms with E-state index in [-0.39, 0.29) is 5.91 Å². The number of hydrogen-bond donors (Lipinski definition) is 0. The Morgan fingerprint density at radius 1 is 0.931 bits per heavy atom. The molecule has 0 aliphatic carbocycles. The van der Waals surface area contributed by atoms with Crippen LogP contribution in [0.3, 0.4) is 0 Å². The monoisotopic (exact) mass is 428 g/mol. The number of carbonyl (C=O) groups excluding carboxylic acids is 1. The Morgan fingerprint density at radius 2 is 1.66 bits per heavy atom. The maximum Gasteiger partial charge on any atom is 0.253 e. The Hall–Kier alpha value is -1.83. The lowest BCUT2D eigenvalue weighted by molar-refractivity contribution is 0.0628. The summed E-state index contributed by atoms with van der Waals surface area (Å²) in [6.45, 7) is 4.46. The molecule has 2 saturated heterocycles. The molecule has 1 amide bonds. The average molecular weight is 429 g/mol. The van der Waals surface area contributed by atoms with E-state index in [0.29, 0.717) is 11.4 Å². The van der Waals surface area contributed by atoms with Gasteiger partial charge in [-0.15, -0.1) is 23.5 Å². The highest BCUT2D eigenvalue weighted by molar-refractivity contribution is 8.19. The zero-order chi connectivity index (χ0) is 19.6. The highest BCUT2D eigenvalue weighted by Crippen LogP contribution is 2.45. The minimum absolute atomic E-state index is 0.144. The maximum absolute atomic E-state index is 12.9. The molecule has 3 heterocycles. The van der Waals surface area contributed by atoms with Crippen LogP contribution in [0.2, 0.25) is 0 Å². The van der Waals surface area contributed by atoms with Gasteiger partial charge >= 0.3 is 0 Å². The van der Waals surface area contributed by atoms with Crippen LogP contribution in [-0.2, 0) is 6.54 Å². The summed E-state index contributed by atoms with van der Waals surface area (Å²) in [4.78, 5) is 17.3. The number of fused-ring (bicyclic) bond motifs is 1. The number of benzene rings is 2. The smallest absolute Gasteiger partial charge is 0.253 e. The predicted octanol–water partition coefficient (Wildman–Crippen LogP) is 3.85. The van der Waals surface area contributed by atoms with Gasteiger partial charge in [-0.3, -0.25) is 9.69 Å². The minimum atomic E-state index is 0.144. The first-order chi connectivity index (χ1) is 14.3. The summed E-state index contributed by atoms with van der Waals surface area (Å²) in [5, 5.41) is 0. The van der Waals surface area contributed by atoms with Crippen LogP contribution in [0.15, 0.2) is 42.5 Å². The van der Waals surface area contributed by atoms with E-state index in [2.05, 4.69) is 29.2 Å². The maximum atomic E-state index is 12.9. The van der Waals surface area contributed by atoms with Crippen LogP contribution in [0.1, 0.15) is 26.1 Å². The number of carbonyl (C=O) groups is 1. The number of rotatable bonds is 4. The van der Waals surface area contributed by atoms with Crippen LogP contribution in [0, 0.1) is 0 Å². The van der Waals surface area contributed by atoms with Gasteiger partial charge in [-0.25, -0.2) is 0 Å². The summed E-state index contributed by atoms with van der Waals surface area (Å²) in [6.07, 6.45) is 0. The molecule has 2 aromatic rings. The van der Waals surface area contributed by atoms with Crippen molar-refractivity contribution >= 4 is 29.4 Å². The Bertz CT molecular complexity index is 876. The molecule has 0 saturated carbocycles. The molecule has 29 heavy (non-hydrogen) atoms. The topological polar surface area (TPSA) is 42.0 Å². The van der Waals surface area contributed by atoms with Crippen molar-refractivity contribution in [1.29, 1.82) is 0 Å². The van der Waals surface area contributed by atoms with Gasteiger partial charge in [-0.1, -0.05) is 18.2 Å². The van der Waals surface area contributed by atoms with Gasteiger partial charge in [0, 0.05) is 49.8 Å². The molecule has 0 unspecified atom stereocenters. The lowest BCUT2D eigenvalue weighted by Crippen LogP contribution is -2.48. The Balaban J connectivity index is 1.15. The molecule has 0 atom stereocenters. The number of thioether (sulfide) groups is 2. The fraction of sp³-hybridized carbons (Fsp3) is 0.409. The van der Waals surface area contributed by atoms with Crippen molar-refractivity contribution in [3.63, 3.8) is 0 Å². The van der Waals surface area contributed by atoms with Crippen LogP contribution in [-0.4, -0.2) is 60.2 Å². The van der Waals surface area contributed by atoms with Gasteiger partial charge < -0.3 is 14.4 Å². The summed E-state index contributed by atoms with van der Waals surface area (Å²) in [7, 11) is 0. The number of ether oxygens (including phenoxy) is 2. The van der Waals surface area contributed by atoms with E-state index in [4.69, 9.17) is 9.47 Å². The fourth-order valence-corrected chi connectivity index (χ4v) is 6.78. The van der Waals surface area contributed by atoms with E-state index in [1.165, 1.54) is 22.6 Å². The van der Waals surface area contributed by atoms with Gasteiger partial charge in [-0.05, 0) is 35.4 Å². The van der Waals surface area contributed by atoms with E-state index in [1.807, 2.05) is 46.6 Å². The molecule has 2 aromatic carbocycles. The zero-order valence-electron chi connectivity index (χ0n) is 16.2. The molecule has 7 heteroatoms. The summed E-state index contributed by atoms with van der Waals surface area (Å²) < 4.78 is 11.4. The van der Waals surface area contributed by atoms with Gasteiger partial charge in [0.25, 0.3) is 5.91 Å². The van der Waals surface area contributed by atoms with Crippen molar-refractivity contribution in [3.8, 4) is 11.5 Å². The standard InChI is InChI=1S/C22H24N2O3S2/c25-21(17-2-4-18(5-3-17)22-28-11-12-29-22)24-9-7-23(8-10-24)14-16-1-6-19-20(13-16)27-15-26-19/h1-6,13,22H,7-12,14-15H2. The van der Waals surface area contributed by atoms with Gasteiger partial charge in [-0.2, -0.15) is 0 Å².